The van der Waals surface area contributed by atoms with Gasteiger partial charge in [-0.2, -0.15) is 0 Å². The molecular formula is C28H44N2O4. The Kier molecular flexibility index (Phi) is 9.81. The molecule has 2 fully saturated rings. The van der Waals surface area contributed by atoms with Crippen molar-refractivity contribution in [1.82, 2.24) is 9.80 Å². The van der Waals surface area contributed by atoms with Crippen LogP contribution in [0.4, 0.5) is 0 Å². The van der Waals surface area contributed by atoms with Crippen molar-refractivity contribution in [3.63, 3.8) is 0 Å². The highest BCUT2D eigenvalue weighted by Gasteiger charge is 2.38. The quantitative estimate of drug-likeness (QED) is 0.471. The van der Waals surface area contributed by atoms with E-state index in [2.05, 4.69) is 24.8 Å². The molecule has 2 N–H and O–H groups in total. The SMILES string of the molecule is CC1CN(CCCN(CC2CCCCC2)C(=O)CCCC(=O)O)CCC1(C)c1cccc(O)c1. The number of phenols is 1. The molecule has 1 saturated carbocycles. The number of carbonyl (C=O) groups is 2. The van der Waals surface area contributed by atoms with E-state index in [0.29, 0.717) is 30.4 Å². The lowest BCUT2D eigenvalue weighted by atomic mass is 9.68. The van der Waals surface area contributed by atoms with Crippen LogP contribution in [-0.4, -0.2) is 64.6 Å². The molecule has 6 nitrogen and oxygen atoms in total. The number of phenolic OH excluding ortho intramolecular Hbond substituents is 1. The monoisotopic (exact) mass is 472 g/mol. The third-order valence-corrected chi connectivity index (χ3v) is 8.31. The molecule has 1 aliphatic carbocycles. The molecule has 34 heavy (non-hydrogen) atoms. The molecule has 2 atom stereocenters. The summed E-state index contributed by atoms with van der Waals surface area (Å²) in [5.74, 6) is 0.688. The van der Waals surface area contributed by atoms with E-state index in [-0.39, 0.29) is 17.7 Å². The molecule has 3 rings (SSSR count). The Morgan fingerprint density at radius 3 is 2.59 bits per heavy atom. The molecule has 190 valence electrons. The number of piperidine rings is 1. The summed E-state index contributed by atoms with van der Waals surface area (Å²) in [4.78, 5) is 28.3. The van der Waals surface area contributed by atoms with E-state index in [9.17, 15) is 14.7 Å². The van der Waals surface area contributed by atoms with E-state index in [1.54, 1.807) is 6.07 Å². The van der Waals surface area contributed by atoms with E-state index in [1.807, 2.05) is 17.0 Å². The van der Waals surface area contributed by atoms with Crippen molar-refractivity contribution >= 4 is 11.9 Å². The second-order valence-electron chi connectivity index (χ2n) is 10.9. The van der Waals surface area contributed by atoms with Crippen molar-refractivity contribution in [1.29, 1.82) is 0 Å². The number of likely N-dealkylation sites (tertiary alicyclic amines) is 1. The summed E-state index contributed by atoms with van der Waals surface area (Å²) in [6.45, 7) is 9.22. The zero-order valence-corrected chi connectivity index (χ0v) is 21.2. The first kappa shape index (κ1) is 26.5. The Bertz CT molecular complexity index is 807. The van der Waals surface area contributed by atoms with E-state index in [4.69, 9.17) is 5.11 Å². The topological polar surface area (TPSA) is 81.1 Å². The molecule has 0 bridgehead atoms. The Labute approximate surface area is 205 Å². The summed E-state index contributed by atoms with van der Waals surface area (Å²) < 4.78 is 0. The fourth-order valence-electron chi connectivity index (χ4n) is 5.84. The third kappa shape index (κ3) is 7.46. The molecule has 1 aliphatic heterocycles. The van der Waals surface area contributed by atoms with Crippen LogP contribution in [0.25, 0.3) is 0 Å². The number of carboxylic acid groups (broad SMARTS) is 1. The lowest BCUT2D eigenvalue weighted by Gasteiger charge is -2.45. The van der Waals surface area contributed by atoms with Crippen LogP contribution in [0.3, 0.4) is 0 Å². The molecule has 1 aromatic rings. The lowest BCUT2D eigenvalue weighted by molar-refractivity contribution is -0.137. The smallest absolute Gasteiger partial charge is 0.303 e. The summed E-state index contributed by atoms with van der Waals surface area (Å²) in [6, 6.07) is 7.70. The van der Waals surface area contributed by atoms with E-state index < -0.39 is 5.97 Å². The van der Waals surface area contributed by atoms with Crippen molar-refractivity contribution in [2.75, 3.05) is 32.7 Å². The number of nitrogens with zero attached hydrogens (tertiary/aromatic N) is 2. The van der Waals surface area contributed by atoms with Gasteiger partial charge in [0.25, 0.3) is 0 Å². The number of aromatic hydroxyl groups is 1. The van der Waals surface area contributed by atoms with Crippen LogP contribution in [-0.2, 0) is 15.0 Å². The average Bonchev–Trinajstić information content (AvgIpc) is 2.81. The first-order chi connectivity index (χ1) is 16.3. The number of carbonyl (C=O) groups excluding carboxylic acids is 1. The normalized spacial score (nSPS) is 24.1. The molecule has 0 aromatic heterocycles. The Morgan fingerprint density at radius 1 is 1.15 bits per heavy atom. The molecule has 2 unspecified atom stereocenters. The maximum atomic E-state index is 12.9. The van der Waals surface area contributed by atoms with Crippen molar-refractivity contribution in [2.45, 2.75) is 83.5 Å². The van der Waals surface area contributed by atoms with Gasteiger partial charge in [-0.05, 0) is 80.1 Å². The van der Waals surface area contributed by atoms with Gasteiger partial charge in [0.05, 0.1) is 0 Å². The van der Waals surface area contributed by atoms with Gasteiger partial charge in [-0.1, -0.05) is 45.2 Å². The van der Waals surface area contributed by atoms with Crippen LogP contribution in [0.1, 0.15) is 83.6 Å². The fraction of sp³-hybridized carbons (Fsp3) is 0.714. The zero-order valence-electron chi connectivity index (χ0n) is 21.2. The van der Waals surface area contributed by atoms with Gasteiger partial charge >= 0.3 is 5.97 Å². The van der Waals surface area contributed by atoms with Crippen LogP contribution in [0.2, 0.25) is 0 Å². The van der Waals surface area contributed by atoms with Crippen molar-refractivity contribution in [2.24, 2.45) is 11.8 Å². The van der Waals surface area contributed by atoms with Gasteiger partial charge in [0.15, 0.2) is 0 Å². The van der Waals surface area contributed by atoms with Crippen molar-refractivity contribution < 1.29 is 19.8 Å². The molecular weight excluding hydrogens is 428 g/mol. The summed E-state index contributed by atoms with van der Waals surface area (Å²) >= 11 is 0. The number of aliphatic carboxylic acids is 1. The Hall–Kier alpha value is -2.08. The van der Waals surface area contributed by atoms with Crippen LogP contribution < -0.4 is 0 Å². The number of benzene rings is 1. The number of rotatable bonds is 11. The first-order valence-electron chi connectivity index (χ1n) is 13.3. The number of amides is 1. The molecule has 1 aromatic carbocycles. The molecule has 1 heterocycles. The van der Waals surface area contributed by atoms with Gasteiger partial charge in [0, 0.05) is 32.5 Å². The molecule has 1 amide bonds. The minimum Gasteiger partial charge on any atom is -0.508 e. The largest absolute Gasteiger partial charge is 0.508 e. The zero-order chi connectivity index (χ0) is 24.6. The van der Waals surface area contributed by atoms with E-state index in [1.165, 1.54) is 37.7 Å². The molecule has 0 radical (unpaired) electrons. The maximum Gasteiger partial charge on any atom is 0.303 e. The fourth-order valence-corrected chi connectivity index (χ4v) is 5.84. The minimum absolute atomic E-state index is 0.0579. The Balaban J connectivity index is 1.50. The highest BCUT2D eigenvalue weighted by Crippen LogP contribution is 2.40. The highest BCUT2D eigenvalue weighted by molar-refractivity contribution is 5.77. The summed E-state index contributed by atoms with van der Waals surface area (Å²) in [5.41, 5.74) is 1.27. The Morgan fingerprint density at radius 2 is 1.91 bits per heavy atom. The lowest BCUT2D eigenvalue weighted by Crippen LogP contribution is -2.48. The van der Waals surface area contributed by atoms with E-state index in [0.717, 1.165) is 45.6 Å². The van der Waals surface area contributed by atoms with Gasteiger partial charge in [-0.15, -0.1) is 0 Å². The van der Waals surface area contributed by atoms with Crippen LogP contribution in [0.5, 0.6) is 5.75 Å². The number of hydrogen-bond acceptors (Lipinski definition) is 4. The van der Waals surface area contributed by atoms with E-state index >= 15 is 0 Å². The predicted molar refractivity (Wildman–Crippen MR) is 135 cm³/mol. The molecule has 0 spiro atoms. The minimum atomic E-state index is -0.830. The molecule has 1 saturated heterocycles. The third-order valence-electron chi connectivity index (χ3n) is 8.31. The summed E-state index contributed by atoms with van der Waals surface area (Å²) in [7, 11) is 0. The van der Waals surface area contributed by atoms with Gasteiger partial charge in [-0.3, -0.25) is 9.59 Å². The second-order valence-corrected chi connectivity index (χ2v) is 10.9. The number of hydrogen-bond donors (Lipinski definition) is 2. The summed E-state index contributed by atoms with van der Waals surface area (Å²) in [5, 5.41) is 18.8. The summed E-state index contributed by atoms with van der Waals surface area (Å²) in [6.07, 6.45) is 9.06. The van der Waals surface area contributed by atoms with Crippen LogP contribution >= 0.6 is 0 Å². The standard InChI is InChI=1S/C28H44N2O4/c1-22-20-29(18-15-28(22,2)24-11-6-12-25(31)19-24)16-8-17-30(21-23-9-4-3-5-10-23)26(32)13-7-14-27(33)34/h6,11-12,19,22-23,31H,3-5,7-10,13-18,20-21H2,1-2H3,(H,33,34). The molecule has 6 heteroatoms. The average molecular weight is 473 g/mol. The molecule has 2 aliphatic rings. The second kappa shape index (κ2) is 12.6. The predicted octanol–water partition coefficient (Wildman–Crippen LogP) is 5.05. The van der Waals surface area contributed by atoms with Gasteiger partial charge < -0.3 is 20.0 Å². The highest BCUT2D eigenvalue weighted by atomic mass is 16.4. The maximum absolute atomic E-state index is 12.9. The van der Waals surface area contributed by atoms with Crippen LogP contribution in [0, 0.1) is 11.8 Å². The van der Waals surface area contributed by atoms with Gasteiger partial charge in [0.2, 0.25) is 5.91 Å². The van der Waals surface area contributed by atoms with Crippen molar-refractivity contribution in [3.05, 3.63) is 29.8 Å². The van der Waals surface area contributed by atoms with Gasteiger partial charge in [-0.25, -0.2) is 0 Å². The van der Waals surface area contributed by atoms with Crippen LogP contribution in [0.15, 0.2) is 24.3 Å². The number of carboxylic acids is 1. The van der Waals surface area contributed by atoms with Gasteiger partial charge in [0.1, 0.15) is 5.75 Å². The van der Waals surface area contributed by atoms with Crippen molar-refractivity contribution in [3.8, 4) is 5.75 Å². The first-order valence-corrected chi connectivity index (χ1v) is 13.3.